The molecular weight excluding hydrogens is 208 g/mol. The van der Waals surface area contributed by atoms with Gasteiger partial charge in [0.05, 0.1) is 10.6 Å². The third kappa shape index (κ3) is 1.91. The Kier molecular flexibility index (Phi) is 2.46. The van der Waals surface area contributed by atoms with Crippen molar-refractivity contribution in [3.05, 3.63) is 22.4 Å². The van der Waals surface area contributed by atoms with Gasteiger partial charge in [-0.1, -0.05) is 0 Å². The highest BCUT2D eigenvalue weighted by molar-refractivity contribution is 9.10. The van der Waals surface area contributed by atoms with Crippen molar-refractivity contribution in [3.63, 3.8) is 0 Å². The van der Waals surface area contributed by atoms with Crippen LogP contribution in [0.2, 0.25) is 0 Å². The van der Waals surface area contributed by atoms with Crippen LogP contribution in [-0.4, -0.2) is 16.8 Å². The highest BCUT2D eigenvalue weighted by atomic mass is 79.9. The van der Waals surface area contributed by atoms with Crippen LogP contribution in [0.4, 0.5) is 0 Å². The van der Waals surface area contributed by atoms with Crippen LogP contribution in [0.5, 0.6) is 0 Å². The van der Waals surface area contributed by atoms with Crippen molar-refractivity contribution < 1.29 is 4.79 Å². The summed E-state index contributed by atoms with van der Waals surface area (Å²) in [6, 6.07) is 1.28. The van der Waals surface area contributed by atoms with Gasteiger partial charge in [0, 0.05) is 11.8 Å². The first-order valence-corrected chi connectivity index (χ1v) is 4.04. The second kappa shape index (κ2) is 3.19. The fraction of sp³-hybridized carbons (Fsp3) is 0.286. The van der Waals surface area contributed by atoms with Crippen molar-refractivity contribution in [2.24, 2.45) is 5.73 Å². The Morgan fingerprint density at radius 3 is 2.82 bits per heavy atom. The van der Waals surface area contributed by atoms with Crippen LogP contribution >= 0.6 is 15.9 Å². The zero-order chi connectivity index (χ0) is 8.43. The van der Waals surface area contributed by atoms with Gasteiger partial charge in [-0.2, -0.15) is 0 Å². The molecule has 0 aromatic carbocycles. The van der Waals surface area contributed by atoms with Crippen LogP contribution in [0.25, 0.3) is 0 Å². The molecule has 11 heavy (non-hydrogen) atoms. The Labute approximate surface area is 73.1 Å². The lowest BCUT2D eigenvalue weighted by molar-refractivity contribution is 0.0968. The highest BCUT2D eigenvalue weighted by Gasteiger charge is 2.11. The monoisotopic (exact) mass is 216 g/mol. The quantitative estimate of drug-likeness (QED) is 0.733. The van der Waals surface area contributed by atoms with E-state index in [2.05, 4.69) is 20.9 Å². The second-order valence-electron chi connectivity index (χ2n) is 2.39. The SMILES string of the molecule is CC(N)C(=O)c1c[nH]c(Br)c1. The summed E-state index contributed by atoms with van der Waals surface area (Å²) >= 11 is 3.20. The Bertz CT molecular complexity index is 267. The molecule has 1 aromatic rings. The molecule has 1 aromatic heterocycles. The Morgan fingerprint density at radius 1 is 1.82 bits per heavy atom. The maximum absolute atomic E-state index is 11.2. The van der Waals surface area contributed by atoms with E-state index in [0.717, 1.165) is 4.60 Å². The number of ketones is 1. The fourth-order valence-electron chi connectivity index (χ4n) is 0.772. The zero-order valence-corrected chi connectivity index (χ0v) is 7.68. The first-order valence-electron chi connectivity index (χ1n) is 3.25. The zero-order valence-electron chi connectivity index (χ0n) is 6.10. The predicted octanol–water partition coefficient (Wildman–Crippen LogP) is 1.31. The number of aromatic amines is 1. The van der Waals surface area contributed by atoms with Crippen LogP contribution < -0.4 is 5.73 Å². The number of nitrogens with one attached hydrogen (secondary N) is 1. The number of rotatable bonds is 2. The van der Waals surface area contributed by atoms with Gasteiger partial charge in [0.15, 0.2) is 5.78 Å². The molecule has 4 heteroatoms. The first kappa shape index (κ1) is 8.49. The number of halogens is 1. The van der Waals surface area contributed by atoms with Crippen LogP contribution in [0.1, 0.15) is 17.3 Å². The molecule has 1 unspecified atom stereocenters. The lowest BCUT2D eigenvalue weighted by Crippen LogP contribution is -2.26. The van der Waals surface area contributed by atoms with E-state index in [4.69, 9.17) is 5.73 Å². The Morgan fingerprint density at radius 2 is 2.45 bits per heavy atom. The third-order valence-corrected chi connectivity index (χ3v) is 1.80. The highest BCUT2D eigenvalue weighted by Crippen LogP contribution is 2.10. The van der Waals surface area contributed by atoms with Crippen molar-refractivity contribution >= 4 is 21.7 Å². The molecule has 0 fully saturated rings. The molecule has 0 bridgehead atoms. The summed E-state index contributed by atoms with van der Waals surface area (Å²) in [5.74, 6) is -0.0491. The van der Waals surface area contributed by atoms with Crippen LogP contribution in [0.15, 0.2) is 16.9 Å². The van der Waals surface area contributed by atoms with Crippen LogP contribution in [0, 0.1) is 0 Å². The minimum atomic E-state index is -0.433. The number of Topliss-reactive ketones (excluding diaryl/α,β-unsaturated/α-hetero) is 1. The Hall–Kier alpha value is -0.610. The van der Waals surface area contributed by atoms with Gasteiger partial charge >= 0.3 is 0 Å². The van der Waals surface area contributed by atoms with Gasteiger partial charge in [-0.25, -0.2) is 0 Å². The molecule has 0 amide bonds. The second-order valence-corrected chi connectivity index (χ2v) is 3.24. The molecule has 3 nitrogen and oxygen atoms in total. The third-order valence-electron chi connectivity index (χ3n) is 1.35. The van der Waals surface area contributed by atoms with E-state index in [1.54, 1.807) is 19.2 Å². The van der Waals surface area contributed by atoms with Crippen molar-refractivity contribution in [3.8, 4) is 0 Å². The lowest BCUT2D eigenvalue weighted by Gasteiger charge is -1.99. The number of carbonyl (C=O) groups excluding carboxylic acids is 1. The first-order chi connectivity index (χ1) is 5.11. The lowest BCUT2D eigenvalue weighted by atomic mass is 10.1. The summed E-state index contributed by atoms with van der Waals surface area (Å²) in [6.45, 7) is 1.67. The fourth-order valence-corrected chi connectivity index (χ4v) is 1.13. The topological polar surface area (TPSA) is 58.9 Å². The molecule has 0 spiro atoms. The van der Waals surface area contributed by atoms with Gasteiger partial charge in [-0.3, -0.25) is 4.79 Å². The molecular formula is C7H9BrN2O. The van der Waals surface area contributed by atoms with E-state index < -0.39 is 6.04 Å². The van der Waals surface area contributed by atoms with E-state index >= 15 is 0 Å². The van der Waals surface area contributed by atoms with Crippen LogP contribution in [-0.2, 0) is 0 Å². The van der Waals surface area contributed by atoms with Gasteiger partial charge in [0.2, 0.25) is 0 Å². The smallest absolute Gasteiger partial charge is 0.180 e. The number of carbonyl (C=O) groups is 1. The Balaban J connectivity index is 2.85. The molecule has 1 heterocycles. The number of H-pyrrole nitrogens is 1. The minimum absolute atomic E-state index is 0.0491. The molecule has 0 radical (unpaired) electrons. The molecule has 1 atom stereocenters. The summed E-state index contributed by atoms with van der Waals surface area (Å²) in [5, 5.41) is 0. The van der Waals surface area contributed by atoms with Crippen molar-refractivity contribution in [2.75, 3.05) is 0 Å². The van der Waals surface area contributed by atoms with Gasteiger partial charge in [0.1, 0.15) is 0 Å². The van der Waals surface area contributed by atoms with Crippen molar-refractivity contribution in [2.45, 2.75) is 13.0 Å². The molecule has 3 N–H and O–H groups in total. The molecule has 0 aliphatic rings. The molecule has 1 rings (SSSR count). The van der Waals surface area contributed by atoms with E-state index in [1.165, 1.54) is 0 Å². The summed E-state index contributed by atoms with van der Waals surface area (Å²) < 4.78 is 0.793. The largest absolute Gasteiger partial charge is 0.355 e. The average molecular weight is 217 g/mol. The van der Waals surface area contributed by atoms with Gasteiger partial charge in [0.25, 0.3) is 0 Å². The predicted molar refractivity (Wildman–Crippen MR) is 46.5 cm³/mol. The van der Waals surface area contributed by atoms with Gasteiger partial charge in [-0.05, 0) is 28.9 Å². The van der Waals surface area contributed by atoms with Gasteiger partial charge < -0.3 is 10.7 Å². The maximum atomic E-state index is 11.2. The number of hydrogen-bond donors (Lipinski definition) is 2. The molecule has 0 aliphatic heterocycles. The normalized spacial score (nSPS) is 13.0. The van der Waals surface area contributed by atoms with E-state index in [0.29, 0.717) is 5.56 Å². The van der Waals surface area contributed by atoms with E-state index in [-0.39, 0.29) is 5.78 Å². The number of nitrogens with two attached hydrogens (primary N) is 1. The summed E-state index contributed by atoms with van der Waals surface area (Å²) in [4.78, 5) is 14.0. The average Bonchev–Trinajstić information content (AvgIpc) is 2.34. The molecule has 0 saturated carbocycles. The van der Waals surface area contributed by atoms with Gasteiger partial charge in [-0.15, -0.1) is 0 Å². The summed E-state index contributed by atoms with van der Waals surface area (Å²) in [7, 11) is 0. The maximum Gasteiger partial charge on any atom is 0.180 e. The molecule has 0 aliphatic carbocycles. The van der Waals surface area contributed by atoms with Crippen molar-refractivity contribution in [1.29, 1.82) is 0 Å². The molecule has 0 saturated heterocycles. The van der Waals surface area contributed by atoms with E-state index in [9.17, 15) is 4.79 Å². The number of aromatic nitrogens is 1. The molecule has 60 valence electrons. The standard InChI is InChI=1S/C7H9BrN2O/c1-4(9)7(11)5-2-6(8)10-3-5/h2-4,10H,9H2,1H3. The van der Waals surface area contributed by atoms with Crippen molar-refractivity contribution in [1.82, 2.24) is 4.98 Å². The van der Waals surface area contributed by atoms with E-state index in [1.807, 2.05) is 0 Å². The van der Waals surface area contributed by atoms with Crippen LogP contribution in [0.3, 0.4) is 0 Å². The minimum Gasteiger partial charge on any atom is -0.355 e. The summed E-state index contributed by atoms with van der Waals surface area (Å²) in [6.07, 6.45) is 1.63. The summed E-state index contributed by atoms with van der Waals surface area (Å²) in [5.41, 5.74) is 6.02. The number of hydrogen-bond acceptors (Lipinski definition) is 2.